The zero-order valence-corrected chi connectivity index (χ0v) is 19.7. The van der Waals surface area contributed by atoms with Crippen LogP contribution in [0.4, 0.5) is 0 Å². The Morgan fingerprint density at radius 2 is 1.94 bits per heavy atom. The second-order valence-corrected chi connectivity index (χ2v) is 7.78. The number of rotatable bonds is 10. The van der Waals surface area contributed by atoms with Crippen molar-refractivity contribution in [3.8, 4) is 23.0 Å². The molecule has 0 aliphatic carbocycles. The number of carboxylic acid groups (broad SMARTS) is 1. The van der Waals surface area contributed by atoms with Gasteiger partial charge >= 0.3 is 5.97 Å². The van der Waals surface area contributed by atoms with Crippen LogP contribution in [0.5, 0.6) is 23.0 Å². The first-order chi connectivity index (χ1) is 17.0. The molecule has 2 atom stereocenters. The summed E-state index contributed by atoms with van der Waals surface area (Å²) < 4.78 is 24.7. The lowest BCUT2D eigenvalue weighted by atomic mass is 9.90. The van der Waals surface area contributed by atoms with Crippen LogP contribution in [0.2, 0.25) is 0 Å². The fraction of sp³-hybridized carbons (Fsp3) is 0.320. The Balaban J connectivity index is 1.80. The van der Waals surface area contributed by atoms with Crippen LogP contribution in [0.3, 0.4) is 0 Å². The van der Waals surface area contributed by atoms with E-state index in [0.29, 0.717) is 40.7 Å². The normalized spacial score (nSPS) is 17.9. The van der Waals surface area contributed by atoms with E-state index < -0.39 is 18.1 Å². The molecule has 0 saturated carbocycles. The van der Waals surface area contributed by atoms with Gasteiger partial charge in [-0.3, -0.25) is 4.79 Å². The molecule has 0 fully saturated rings. The van der Waals surface area contributed by atoms with Gasteiger partial charge in [0.15, 0.2) is 17.6 Å². The maximum absolute atomic E-state index is 10.9. The number of carboxylic acids is 1. The lowest BCUT2D eigenvalue weighted by Gasteiger charge is -2.35. The Labute approximate surface area is 202 Å². The van der Waals surface area contributed by atoms with Crippen LogP contribution in [0.15, 0.2) is 60.3 Å². The molecule has 184 valence electrons. The predicted octanol–water partition coefficient (Wildman–Crippen LogP) is 3.87. The van der Waals surface area contributed by atoms with Gasteiger partial charge in [0.1, 0.15) is 29.9 Å². The molecular formula is C25H27N3O7. The molecule has 0 bridgehead atoms. The molecule has 2 aromatic carbocycles. The number of methoxy groups -OCH3 is 3. The van der Waals surface area contributed by atoms with Crippen LogP contribution in [0, 0.1) is 0 Å². The van der Waals surface area contributed by atoms with Crippen molar-refractivity contribution in [2.75, 3.05) is 27.9 Å². The van der Waals surface area contributed by atoms with Gasteiger partial charge in [-0.1, -0.05) is 11.2 Å². The van der Waals surface area contributed by atoms with E-state index in [0.717, 1.165) is 5.56 Å². The Morgan fingerprint density at radius 1 is 1.11 bits per heavy atom. The summed E-state index contributed by atoms with van der Waals surface area (Å²) in [7, 11) is 4.75. The average Bonchev–Trinajstić information content (AvgIpc) is 3.41. The lowest BCUT2D eigenvalue weighted by molar-refractivity contribution is -0.137. The third-order valence-corrected chi connectivity index (χ3v) is 5.65. The maximum atomic E-state index is 10.9. The predicted molar refractivity (Wildman–Crippen MR) is 127 cm³/mol. The van der Waals surface area contributed by atoms with Crippen LogP contribution in [0.25, 0.3) is 0 Å². The van der Waals surface area contributed by atoms with Crippen molar-refractivity contribution in [3.05, 3.63) is 66.2 Å². The Hall–Kier alpha value is -4.21. The summed E-state index contributed by atoms with van der Waals surface area (Å²) in [6, 6.07) is 10.6. The number of ether oxygens (including phenoxy) is 4. The Kier molecular flexibility index (Phi) is 7.39. The minimum Gasteiger partial charge on any atom is -0.497 e. The fourth-order valence-electron chi connectivity index (χ4n) is 3.96. The quantitative estimate of drug-likeness (QED) is 0.343. The highest BCUT2D eigenvalue weighted by Gasteiger charge is 2.39. The number of aliphatic carboxylic acids is 1. The maximum Gasteiger partial charge on any atom is 0.303 e. The summed E-state index contributed by atoms with van der Waals surface area (Å²) in [5, 5.41) is 13.4. The zero-order chi connectivity index (χ0) is 24.8. The standard InChI is InChI=1S/C25H27N3O7/c1-31-17-7-9-19-18(14-17)23(27-34-12-4-5-22(29)30)24(28-11-10-26-15-28)25(35-19)16-6-8-20(32-2)21(13-16)33-3/h6-11,13-15,24-25H,4-5,12H2,1-3H3,(H,29,30)/b27-23+. The zero-order valence-electron chi connectivity index (χ0n) is 19.7. The summed E-state index contributed by atoms with van der Waals surface area (Å²) in [5.74, 6) is 1.54. The number of oxime groups is 1. The van der Waals surface area contributed by atoms with Gasteiger partial charge < -0.3 is 33.5 Å². The van der Waals surface area contributed by atoms with Gasteiger partial charge in [0.05, 0.1) is 27.7 Å². The summed E-state index contributed by atoms with van der Waals surface area (Å²) in [5.41, 5.74) is 2.14. The SMILES string of the molecule is COc1ccc2c(c1)/C(=N\OCCCC(=O)O)C(n1ccnc1)C(c1ccc(OC)c(OC)c1)O2. The van der Waals surface area contributed by atoms with E-state index in [1.807, 2.05) is 47.2 Å². The van der Waals surface area contributed by atoms with Gasteiger partial charge in [-0.25, -0.2) is 4.98 Å². The topological polar surface area (TPSA) is 114 Å². The highest BCUT2D eigenvalue weighted by molar-refractivity contribution is 6.07. The van der Waals surface area contributed by atoms with Crippen molar-refractivity contribution in [2.24, 2.45) is 5.16 Å². The molecule has 2 heterocycles. The summed E-state index contributed by atoms with van der Waals surface area (Å²) in [6.45, 7) is 0.160. The lowest BCUT2D eigenvalue weighted by Crippen LogP contribution is -2.34. The highest BCUT2D eigenvalue weighted by Crippen LogP contribution is 2.44. The number of aromatic nitrogens is 2. The van der Waals surface area contributed by atoms with Crippen LogP contribution >= 0.6 is 0 Å². The number of hydrogen-bond donors (Lipinski definition) is 1. The average molecular weight is 482 g/mol. The Bertz CT molecular complexity index is 1190. The molecular weight excluding hydrogens is 454 g/mol. The van der Waals surface area contributed by atoms with Gasteiger partial charge in [0.25, 0.3) is 0 Å². The third kappa shape index (κ3) is 5.16. The number of carbonyl (C=O) groups is 1. The third-order valence-electron chi connectivity index (χ3n) is 5.65. The first kappa shape index (κ1) is 23.9. The molecule has 1 aromatic heterocycles. The van der Waals surface area contributed by atoms with Crippen LogP contribution in [-0.2, 0) is 9.63 Å². The van der Waals surface area contributed by atoms with Crippen molar-refractivity contribution >= 4 is 11.7 Å². The number of hydrogen-bond acceptors (Lipinski definition) is 8. The molecule has 10 nitrogen and oxygen atoms in total. The molecule has 3 aromatic rings. The van der Waals surface area contributed by atoms with Gasteiger partial charge in [-0.2, -0.15) is 0 Å². The molecule has 1 N–H and O–H groups in total. The van der Waals surface area contributed by atoms with Crippen molar-refractivity contribution in [1.29, 1.82) is 0 Å². The summed E-state index contributed by atoms with van der Waals surface area (Å²) >= 11 is 0. The van der Waals surface area contributed by atoms with Crippen molar-refractivity contribution in [3.63, 3.8) is 0 Å². The van der Waals surface area contributed by atoms with Crippen LogP contribution in [0.1, 0.15) is 36.1 Å². The molecule has 0 radical (unpaired) electrons. The van der Waals surface area contributed by atoms with Crippen LogP contribution in [-0.4, -0.2) is 54.3 Å². The second-order valence-electron chi connectivity index (χ2n) is 7.78. The number of nitrogens with zero attached hydrogens (tertiary/aromatic N) is 3. The monoisotopic (exact) mass is 481 g/mol. The highest BCUT2D eigenvalue weighted by atomic mass is 16.6. The van der Waals surface area contributed by atoms with Crippen molar-refractivity contribution < 1.29 is 33.7 Å². The van der Waals surface area contributed by atoms with E-state index in [1.165, 1.54) is 0 Å². The molecule has 10 heteroatoms. The Morgan fingerprint density at radius 3 is 2.63 bits per heavy atom. The minimum absolute atomic E-state index is 0.00239. The smallest absolute Gasteiger partial charge is 0.303 e. The molecule has 1 aliphatic rings. The molecule has 4 rings (SSSR count). The number of fused-ring (bicyclic) bond motifs is 1. The molecule has 0 amide bonds. The first-order valence-corrected chi connectivity index (χ1v) is 11.0. The number of benzene rings is 2. The summed E-state index contributed by atoms with van der Waals surface area (Å²) in [4.78, 5) is 20.7. The van der Waals surface area contributed by atoms with E-state index in [2.05, 4.69) is 10.1 Å². The fourth-order valence-corrected chi connectivity index (χ4v) is 3.96. The van der Waals surface area contributed by atoms with E-state index in [4.69, 9.17) is 28.9 Å². The van der Waals surface area contributed by atoms with E-state index in [9.17, 15) is 4.79 Å². The van der Waals surface area contributed by atoms with E-state index in [1.54, 1.807) is 33.9 Å². The molecule has 0 spiro atoms. The molecule has 1 aliphatic heterocycles. The van der Waals surface area contributed by atoms with Gasteiger partial charge in [0.2, 0.25) is 0 Å². The van der Waals surface area contributed by atoms with Gasteiger partial charge in [-0.05, 0) is 42.3 Å². The first-order valence-electron chi connectivity index (χ1n) is 11.0. The van der Waals surface area contributed by atoms with Gasteiger partial charge in [-0.15, -0.1) is 0 Å². The molecule has 35 heavy (non-hydrogen) atoms. The van der Waals surface area contributed by atoms with E-state index >= 15 is 0 Å². The minimum atomic E-state index is -0.882. The van der Waals surface area contributed by atoms with Crippen molar-refractivity contribution in [2.45, 2.75) is 25.0 Å². The van der Waals surface area contributed by atoms with Gasteiger partial charge in [0, 0.05) is 24.4 Å². The molecule has 0 saturated heterocycles. The molecule has 2 unspecified atom stereocenters. The second kappa shape index (κ2) is 10.8. The van der Waals surface area contributed by atoms with E-state index in [-0.39, 0.29) is 13.0 Å². The van der Waals surface area contributed by atoms with Crippen molar-refractivity contribution in [1.82, 2.24) is 9.55 Å². The summed E-state index contributed by atoms with van der Waals surface area (Å²) in [6.07, 6.45) is 5.02. The van der Waals surface area contributed by atoms with Crippen LogP contribution < -0.4 is 18.9 Å². The largest absolute Gasteiger partial charge is 0.497 e. The number of imidazole rings is 1.